The van der Waals surface area contributed by atoms with Gasteiger partial charge in [0.05, 0.1) is 12.6 Å². The van der Waals surface area contributed by atoms with Crippen LogP contribution in [-0.4, -0.2) is 60.8 Å². The third-order valence-electron chi connectivity index (χ3n) is 12.0. The molecular formula is C49H65N7O. The van der Waals surface area contributed by atoms with Gasteiger partial charge in [0.1, 0.15) is 5.60 Å². The Kier molecular flexibility index (Phi) is 13.4. The van der Waals surface area contributed by atoms with Crippen molar-refractivity contribution in [2.75, 3.05) is 26.2 Å². The summed E-state index contributed by atoms with van der Waals surface area (Å²) in [4.78, 5) is 9.36. The van der Waals surface area contributed by atoms with Gasteiger partial charge in [-0.1, -0.05) is 70.5 Å². The Morgan fingerprint density at radius 2 is 1.63 bits per heavy atom. The van der Waals surface area contributed by atoms with Gasteiger partial charge in [-0.15, -0.1) is 0 Å². The first-order valence-electron chi connectivity index (χ1n) is 21.1. The minimum Gasteiger partial charge on any atom is -0.405 e. The van der Waals surface area contributed by atoms with E-state index in [1.165, 1.54) is 67.2 Å². The maximum atomic E-state index is 11.6. The van der Waals surface area contributed by atoms with Crippen molar-refractivity contribution in [1.82, 2.24) is 23.9 Å². The maximum absolute atomic E-state index is 11.6. The molecule has 0 amide bonds. The monoisotopic (exact) mass is 768 g/mol. The molecule has 8 heteroatoms. The van der Waals surface area contributed by atoms with Crippen LogP contribution < -0.4 is 5.73 Å². The van der Waals surface area contributed by atoms with E-state index in [1.807, 2.05) is 26.1 Å². The van der Waals surface area contributed by atoms with Crippen LogP contribution in [0.15, 0.2) is 78.7 Å². The van der Waals surface area contributed by atoms with Gasteiger partial charge in [-0.3, -0.25) is 14.8 Å². The molecule has 7 rings (SSSR count). The summed E-state index contributed by atoms with van der Waals surface area (Å²) in [6, 6.07) is 20.3. The van der Waals surface area contributed by atoms with Crippen molar-refractivity contribution in [2.45, 2.75) is 119 Å². The molecule has 1 atom stereocenters. The summed E-state index contributed by atoms with van der Waals surface area (Å²) in [7, 11) is 0. The van der Waals surface area contributed by atoms with Crippen molar-refractivity contribution in [3.63, 3.8) is 0 Å². The molecule has 0 spiro atoms. The molecule has 1 unspecified atom stereocenters. The molecule has 3 N–H and O–H groups in total. The zero-order valence-electron chi connectivity index (χ0n) is 35.8. The molecule has 57 heavy (non-hydrogen) atoms. The van der Waals surface area contributed by atoms with Gasteiger partial charge in [0.15, 0.2) is 0 Å². The van der Waals surface area contributed by atoms with E-state index in [-0.39, 0.29) is 0 Å². The van der Waals surface area contributed by atoms with Gasteiger partial charge in [0.25, 0.3) is 0 Å². The summed E-state index contributed by atoms with van der Waals surface area (Å²) in [5.41, 5.74) is 18.9. The second-order valence-corrected chi connectivity index (χ2v) is 17.2. The minimum absolute atomic E-state index is 0.337. The lowest BCUT2D eigenvalue weighted by atomic mass is 9.92. The topological polar surface area (TPSA) is 99.3 Å². The van der Waals surface area contributed by atoms with Gasteiger partial charge >= 0.3 is 0 Å². The van der Waals surface area contributed by atoms with E-state index in [2.05, 4.69) is 126 Å². The van der Waals surface area contributed by atoms with E-state index in [1.54, 1.807) is 0 Å². The molecule has 0 radical (unpaired) electrons. The molecule has 0 aliphatic carbocycles. The maximum Gasteiger partial charge on any atom is 0.104 e. The molecule has 0 saturated carbocycles. The molecule has 0 bridgehead atoms. The van der Waals surface area contributed by atoms with Crippen LogP contribution in [0, 0.1) is 31.1 Å². The zero-order valence-corrected chi connectivity index (χ0v) is 35.8. The number of rotatable bonds is 12. The van der Waals surface area contributed by atoms with Crippen LogP contribution in [0.25, 0.3) is 21.8 Å². The highest BCUT2D eigenvalue weighted by atomic mass is 16.3. The molecule has 302 valence electrons. The number of nitriles is 1. The number of aryl methyl sites for hydroxylation is 4. The predicted octanol–water partition coefficient (Wildman–Crippen LogP) is 9.12. The van der Waals surface area contributed by atoms with Crippen LogP contribution in [0.3, 0.4) is 0 Å². The summed E-state index contributed by atoms with van der Waals surface area (Å²) >= 11 is 0. The second-order valence-electron chi connectivity index (χ2n) is 17.2. The van der Waals surface area contributed by atoms with Crippen molar-refractivity contribution >= 4 is 21.8 Å². The quantitative estimate of drug-likeness (QED) is 0.123. The predicted molar refractivity (Wildman–Crippen MR) is 236 cm³/mol. The Balaban J connectivity index is 0.000000194. The van der Waals surface area contributed by atoms with Gasteiger partial charge in [0, 0.05) is 104 Å². The Bertz CT molecular complexity index is 2260. The number of likely N-dealkylation sites (N-methyl/N-ethyl adjacent to an activating group) is 1. The van der Waals surface area contributed by atoms with Crippen molar-refractivity contribution < 1.29 is 5.11 Å². The lowest BCUT2D eigenvalue weighted by Crippen LogP contribution is -2.35. The first-order valence-corrected chi connectivity index (χ1v) is 21.1. The Morgan fingerprint density at radius 3 is 2.30 bits per heavy atom. The van der Waals surface area contributed by atoms with E-state index in [4.69, 9.17) is 11.0 Å². The summed E-state index contributed by atoms with van der Waals surface area (Å²) in [6.07, 6.45) is 11.2. The largest absolute Gasteiger partial charge is 0.405 e. The minimum atomic E-state index is -1.00. The van der Waals surface area contributed by atoms with Crippen LogP contribution in [0.4, 0.5) is 0 Å². The molecule has 5 aromatic rings. The summed E-state index contributed by atoms with van der Waals surface area (Å²) in [5.74, 6) is 0.808. The molecule has 2 aromatic carbocycles. The van der Waals surface area contributed by atoms with Crippen molar-refractivity contribution in [3.8, 4) is 6.07 Å². The number of aliphatic hydroxyl groups is 1. The number of hydrogen-bond acceptors (Lipinski definition) is 6. The number of fused-ring (bicyclic) bond motifs is 6. The fraction of sp³-hybridized carbons (Fsp3) is 0.469. The first kappa shape index (κ1) is 41.9. The van der Waals surface area contributed by atoms with Crippen LogP contribution >= 0.6 is 0 Å². The van der Waals surface area contributed by atoms with E-state index in [9.17, 15) is 5.11 Å². The zero-order chi connectivity index (χ0) is 40.9. The molecule has 2 aliphatic heterocycles. The highest BCUT2D eigenvalue weighted by Crippen LogP contribution is 2.36. The van der Waals surface area contributed by atoms with Crippen LogP contribution in [-0.2, 0) is 45.4 Å². The van der Waals surface area contributed by atoms with Gasteiger partial charge in [-0.25, -0.2) is 0 Å². The number of allylic oxidation sites excluding steroid dienone is 1. The van der Waals surface area contributed by atoms with E-state index in [0.29, 0.717) is 24.8 Å². The molecule has 8 nitrogen and oxygen atoms in total. The lowest BCUT2D eigenvalue weighted by Gasteiger charge is -2.30. The van der Waals surface area contributed by atoms with Crippen molar-refractivity contribution in [3.05, 3.63) is 124 Å². The molecule has 2 aliphatic rings. The summed E-state index contributed by atoms with van der Waals surface area (Å²) in [5, 5.41) is 23.2. The number of pyridine rings is 1. The SMILES string of the molecule is CCN1CCc2c(c3ccc(C(C)C)cc3n2CC(C)(O)C(/C=C\N)=C/C(C)C)C1.Cc1ccc2c(c1)c1c(n2CCc2ccc(C)nc2)CCN(CCC#N)C1. The second kappa shape index (κ2) is 18.3. The lowest BCUT2D eigenvalue weighted by molar-refractivity contribution is 0.0822. The van der Waals surface area contributed by atoms with Crippen LogP contribution in [0.5, 0.6) is 0 Å². The molecule has 3 aromatic heterocycles. The standard InChI is InChI=1S/C26H39N3O.C23H26N4/c1-7-28-13-11-24-23(16-28)22-9-8-20(19(4)5)15-25(22)29(24)17-26(6,30)21(10-12-27)14-18(2)3;1-17-4-7-22-20(14-17)21-16-26(11-3-10-24)12-9-23(21)27(22)13-8-19-6-5-18(2)25-15-19/h8-10,12,14-15,18-19,30H,7,11,13,16-17,27H2,1-6H3;4-7,14-15H,3,8-9,11-13,16H2,1-2H3/b12-10-,21-14+;. The number of nitrogens with zero attached hydrogens (tertiary/aromatic N) is 6. The highest BCUT2D eigenvalue weighted by molar-refractivity contribution is 5.87. The number of benzene rings is 2. The smallest absolute Gasteiger partial charge is 0.104 e. The molecule has 0 saturated heterocycles. The third kappa shape index (κ3) is 9.55. The molecule has 0 fully saturated rings. The van der Waals surface area contributed by atoms with E-state index in [0.717, 1.165) is 76.3 Å². The molecule has 5 heterocycles. The Hall–Kier alpha value is -4.68. The number of aromatic nitrogens is 3. The normalized spacial score (nSPS) is 16.2. The Labute approximate surface area is 341 Å². The summed E-state index contributed by atoms with van der Waals surface area (Å²) < 4.78 is 4.90. The Morgan fingerprint density at radius 1 is 0.912 bits per heavy atom. The number of nitrogens with two attached hydrogens (primary N) is 1. The fourth-order valence-corrected chi connectivity index (χ4v) is 8.77. The van der Waals surface area contributed by atoms with Crippen LogP contribution in [0.1, 0.15) is 98.8 Å². The third-order valence-corrected chi connectivity index (χ3v) is 12.0. The van der Waals surface area contributed by atoms with Gasteiger partial charge in [0.2, 0.25) is 0 Å². The van der Waals surface area contributed by atoms with E-state index < -0.39 is 5.60 Å². The first-order chi connectivity index (χ1) is 27.3. The fourth-order valence-electron chi connectivity index (χ4n) is 8.77. The molecular weight excluding hydrogens is 703 g/mol. The van der Waals surface area contributed by atoms with Crippen molar-refractivity contribution in [2.24, 2.45) is 11.7 Å². The van der Waals surface area contributed by atoms with Crippen molar-refractivity contribution in [1.29, 1.82) is 5.26 Å². The van der Waals surface area contributed by atoms with Gasteiger partial charge in [-0.05, 0) is 110 Å². The van der Waals surface area contributed by atoms with Gasteiger partial charge in [-0.2, -0.15) is 5.26 Å². The summed E-state index contributed by atoms with van der Waals surface area (Å²) in [6.45, 7) is 24.5. The average Bonchev–Trinajstić information content (AvgIpc) is 3.66. The average molecular weight is 768 g/mol. The van der Waals surface area contributed by atoms with Crippen LogP contribution in [0.2, 0.25) is 0 Å². The van der Waals surface area contributed by atoms with E-state index >= 15 is 0 Å². The van der Waals surface area contributed by atoms with Gasteiger partial charge < -0.3 is 20.0 Å². The number of hydrogen-bond donors (Lipinski definition) is 2. The highest BCUT2D eigenvalue weighted by Gasteiger charge is 2.31.